The van der Waals surface area contributed by atoms with Crippen LogP contribution in [0.1, 0.15) is 40.6 Å². The van der Waals surface area contributed by atoms with Crippen molar-refractivity contribution in [1.29, 1.82) is 0 Å². The molecule has 0 aliphatic heterocycles. The van der Waals surface area contributed by atoms with E-state index in [1.54, 1.807) is 18.2 Å². The number of pyridine rings is 1. The third kappa shape index (κ3) is 5.34. The molecule has 0 saturated carbocycles. The third-order valence-electron chi connectivity index (χ3n) is 3.79. The molecule has 0 aliphatic carbocycles. The molecule has 0 spiro atoms. The number of unbranched alkanes of at least 4 members (excludes halogenated alkanes) is 1. The van der Waals surface area contributed by atoms with Gasteiger partial charge in [0.15, 0.2) is 0 Å². The third-order valence-corrected chi connectivity index (χ3v) is 4.09. The van der Waals surface area contributed by atoms with Crippen LogP contribution in [0.25, 0.3) is 0 Å². The van der Waals surface area contributed by atoms with Gasteiger partial charge in [-0.05, 0) is 18.6 Å². The lowest BCUT2D eigenvalue weighted by Gasteiger charge is -2.13. The van der Waals surface area contributed by atoms with Crippen LogP contribution in [-0.2, 0) is 0 Å². The van der Waals surface area contributed by atoms with Crippen molar-refractivity contribution in [1.82, 2.24) is 10.3 Å². The van der Waals surface area contributed by atoms with Crippen molar-refractivity contribution in [2.45, 2.75) is 19.8 Å². The molecule has 0 unspecified atom stereocenters. The van der Waals surface area contributed by atoms with Crippen LogP contribution in [0.2, 0.25) is 5.02 Å². The van der Waals surface area contributed by atoms with Crippen LogP contribution in [0.3, 0.4) is 0 Å². The number of carbonyl (C=O) groups is 2. The largest absolute Gasteiger partial charge is 0.495 e. The maximum Gasteiger partial charge on any atom is 0.274 e. The number of benzene rings is 1. The molecule has 2 rings (SSSR count). The van der Waals surface area contributed by atoms with Gasteiger partial charge in [-0.25, -0.2) is 0 Å². The zero-order valence-electron chi connectivity index (χ0n) is 15.5. The van der Waals surface area contributed by atoms with Gasteiger partial charge in [-0.3, -0.25) is 14.6 Å². The van der Waals surface area contributed by atoms with E-state index in [0.29, 0.717) is 34.3 Å². The van der Waals surface area contributed by atoms with Crippen molar-refractivity contribution in [2.24, 2.45) is 0 Å². The number of hydrogen-bond donors (Lipinski definition) is 2. The average Bonchev–Trinajstić information content (AvgIpc) is 2.69. The first-order chi connectivity index (χ1) is 13.0. The first kappa shape index (κ1) is 20.5. The lowest BCUT2D eigenvalue weighted by molar-refractivity contribution is 0.0953. The van der Waals surface area contributed by atoms with E-state index in [0.717, 1.165) is 12.8 Å². The van der Waals surface area contributed by atoms with Gasteiger partial charge in [-0.2, -0.15) is 0 Å². The highest BCUT2D eigenvalue weighted by atomic mass is 35.5. The fraction of sp³-hybridized carbons (Fsp3) is 0.316. The molecule has 0 saturated heterocycles. The molecule has 2 N–H and O–H groups in total. The van der Waals surface area contributed by atoms with Gasteiger partial charge in [-0.1, -0.05) is 24.9 Å². The van der Waals surface area contributed by atoms with Gasteiger partial charge in [0.1, 0.15) is 17.2 Å². The van der Waals surface area contributed by atoms with Crippen LogP contribution in [0.15, 0.2) is 30.5 Å². The molecule has 0 radical (unpaired) electrons. The summed E-state index contributed by atoms with van der Waals surface area (Å²) in [5, 5.41) is 5.86. The molecular weight excluding hydrogens is 370 g/mol. The highest BCUT2D eigenvalue weighted by Gasteiger charge is 2.16. The van der Waals surface area contributed by atoms with Crippen molar-refractivity contribution < 1.29 is 19.1 Å². The summed E-state index contributed by atoms with van der Waals surface area (Å²) in [6.07, 6.45) is 3.29. The van der Waals surface area contributed by atoms with Crippen LogP contribution in [0, 0.1) is 0 Å². The van der Waals surface area contributed by atoms with Gasteiger partial charge in [-0.15, -0.1) is 0 Å². The van der Waals surface area contributed by atoms with Gasteiger partial charge in [0.2, 0.25) is 0 Å². The second-order valence-corrected chi connectivity index (χ2v) is 6.09. The molecule has 27 heavy (non-hydrogen) atoms. The van der Waals surface area contributed by atoms with Crippen molar-refractivity contribution in [2.75, 3.05) is 26.1 Å². The zero-order valence-corrected chi connectivity index (χ0v) is 16.2. The fourth-order valence-electron chi connectivity index (χ4n) is 2.32. The highest BCUT2D eigenvalue weighted by molar-refractivity contribution is 6.32. The first-order valence-electron chi connectivity index (χ1n) is 8.47. The summed E-state index contributed by atoms with van der Waals surface area (Å²) >= 11 is 6.07. The predicted molar refractivity (Wildman–Crippen MR) is 104 cm³/mol. The van der Waals surface area contributed by atoms with E-state index in [4.69, 9.17) is 21.1 Å². The van der Waals surface area contributed by atoms with E-state index < -0.39 is 5.91 Å². The topological polar surface area (TPSA) is 89.6 Å². The Morgan fingerprint density at radius 3 is 2.52 bits per heavy atom. The maximum atomic E-state index is 12.6. The number of amides is 2. The Hall–Kier alpha value is -2.80. The molecule has 0 atom stereocenters. The Kier molecular flexibility index (Phi) is 7.43. The lowest BCUT2D eigenvalue weighted by atomic mass is 10.2. The summed E-state index contributed by atoms with van der Waals surface area (Å²) in [5.41, 5.74) is 0.851. The van der Waals surface area contributed by atoms with Crippen molar-refractivity contribution >= 4 is 29.1 Å². The number of anilines is 1. The molecule has 144 valence electrons. The molecule has 7 nitrogen and oxygen atoms in total. The van der Waals surface area contributed by atoms with Crippen LogP contribution in [0.5, 0.6) is 11.5 Å². The molecular formula is C19H22ClN3O4. The quantitative estimate of drug-likeness (QED) is 0.672. The maximum absolute atomic E-state index is 12.6. The van der Waals surface area contributed by atoms with E-state index in [9.17, 15) is 9.59 Å². The van der Waals surface area contributed by atoms with Crippen LogP contribution < -0.4 is 20.1 Å². The lowest BCUT2D eigenvalue weighted by Crippen LogP contribution is -2.25. The second kappa shape index (κ2) is 9.78. The second-order valence-electron chi connectivity index (χ2n) is 5.68. The summed E-state index contributed by atoms with van der Waals surface area (Å²) in [4.78, 5) is 28.8. The van der Waals surface area contributed by atoms with Crippen molar-refractivity contribution in [3.63, 3.8) is 0 Å². The minimum absolute atomic E-state index is 0.106. The summed E-state index contributed by atoms with van der Waals surface area (Å²) in [6, 6.07) is 6.10. The van der Waals surface area contributed by atoms with E-state index in [1.807, 2.05) is 6.92 Å². The Balaban J connectivity index is 2.19. The number of hydrogen-bond acceptors (Lipinski definition) is 5. The standard InChI is InChI=1S/C19H22ClN3O4/c1-4-5-7-22-18(24)12-6-8-21-15(9-12)19(25)23-14-11-16(26-2)13(20)10-17(14)27-3/h6,8-11H,4-5,7H2,1-3H3,(H,22,24)(H,23,25). The van der Waals surface area contributed by atoms with Gasteiger partial charge in [0, 0.05) is 30.4 Å². The van der Waals surface area contributed by atoms with Gasteiger partial charge >= 0.3 is 0 Å². The normalized spacial score (nSPS) is 10.2. The van der Waals surface area contributed by atoms with Gasteiger partial charge < -0.3 is 20.1 Å². The number of carbonyl (C=O) groups excluding carboxylic acids is 2. The zero-order chi connectivity index (χ0) is 19.8. The highest BCUT2D eigenvalue weighted by Crippen LogP contribution is 2.36. The molecule has 1 heterocycles. The minimum atomic E-state index is -0.485. The first-order valence-corrected chi connectivity index (χ1v) is 8.85. The molecule has 1 aromatic carbocycles. The predicted octanol–water partition coefficient (Wildman–Crippen LogP) is 3.53. The molecule has 1 aromatic heterocycles. The Bertz CT molecular complexity index is 827. The number of ether oxygens (including phenoxy) is 2. The molecule has 0 fully saturated rings. The van der Waals surface area contributed by atoms with E-state index in [-0.39, 0.29) is 11.6 Å². The number of methoxy groups -OCH3 is 2. The molecule has 8 heteroatoms. The number of rotatable bonds is 8. The van der Waals surface area contributed by atoms with E-state index >= 15 is 0 Å². The molecule has 0 aliphatic rings. The molecule has 2 aromatic rings. The van der Waals surface area contributed by atoms with Crippen molar-refractivity contribution in [3.05, 3.63) is 46.7 Å². The van der Waals surface area contributed by atoms with Crippen LogP contribution in [-0.4, -0.2) is 37.6 Å². The Morgan fingerprint density at radius 1 is 1.11 bits per heavy atom. The summed E-state index contributed by atoms with van der Waals surface area (Å²) in [5.74, 6) is 0.0407. The van der Waals surface area contributed by atoms with Crippen molar-refractivity contribution in [3.8, 4) is 11.5 Å². The summed E-state index contributed by atoms with van der Waals surface area (Å²) in [6.45, 7) is 2.63. The SMILES string of the molecule is CCCCNC(=O)c1ccnc(C(=O)Nc2cc(OC)c(Cl)cc2OC)c1. The molecule has 2 amide bonds. The smallest absolute Gasteiger partial charge is 0.274 e. The van der Waals surface area contributed by atoms with Gasteiger partial charge in [0.05, 0.1) is 24.9 Å². The number of halogens is 1. The average molecular weight is 392 g/mol. The number of nitrogens with one attached hydrogen (secondary N) is 2. The minimum Gasteiger partial charge on any atom is -0.495 e. The number of nitrogens with zero attached hydrogens (tertiary/aromatic N) is 1. The molecule has 0 bridgehead atoms. The monoisotopic (exact) mass is 391 g/mol. The number of aromatic nitrogens is 1. The van der Waals surface area contributed by atoms with Crippen LogP contribution in [0.4, 0.5) is 5.69 Å². The Morgan fingerprint density at radius 2 is 1.85 bits per heavy atom. The fourth-order valence-corrected chi connectivity index (χ4v) is 2.55. The van der Waals surface area contributed by atoms with E-state index in [1.165, 1.54) is 26.5 Å². The Labute approximate surface area is 163 Å². The summed E-state index contributed by atoms with van der Waals surface area (Å²) in [7, 11) is 2.94. The van der Waals surface area contributed by atoms with Gasteiger partial charge in [0.25, 0.3) is 11.8 Å². The van der Waals surface area contributed by atoms with Crippen LogP contribution >= 0.6 is 11.6 Å². The van der Waals surface area contributed by atoms with E-state index in [2.05, 4.69) is 15.6 Å². The summed E-state index contributed by atoms with van der Waals surface area (Å²) < 4.78 is 10.4.